The van der Waals surface area contributed by atoms with Gasteiger partial charge in [-0.3, -0.25) is 4.79 Å². The number of hydrogen-bond acceptors (Lipinski definition) is 2. The van der Waals surface area contributed by atoms with E-state index in [4.69, 9.17) is 5.73 Å². The summed E-state index contributed by atoms with van der Waals surface area (Å²) in [4.78, 5) is 12.7. The fourth-order valence-corrected chi connectivity index (χ4v) is 2.96. The van der Waals surface area contributed by atoms with Crippen LogP contribution >= 0.6 is 12.4 Å². The molecular formula is C17H27ClN2O. The molecule has 4 heteroatoms. The molecular weight excluding hydrogens is 284 g/mol. The van der Waals surface area contributed by atoms with Crippen molar-refractivity contribution in [3.63, 3.8) is 0 Å². The predicted octanol–water partition coefficient (Wildman–Crippen LogP) is 3.16. The molecule has 3 nitrogen and oxygen atoms in total. The maximum Gasteiger partial charge on any atom is 0.230 e. The van der Waals surface area contributed by atoms with Crippen molar-refractivity contribution in [1.82, 2.24) is 5.32 Å². The first kappa shape index (κ1) is 18.0. The van der Waals surface area contributed by atoms with Crippen molar-refractivity contribution in [3.8, 4) is 0 Å². The number of hydrogen-bond donors (Lipinski definition) is 2. The number of nitrogens with two attached hydrogens (primary N) is 1. The lowest BCUT2D eigenvalue weighted by atomic mass is 9.63. The number of carbonyl (C=O) groups excluding carboxylic acids is 1. The molecule has 21 heavy (non-hydrogen) atoms. The molecule has 1 unspecified atom stereocenters. The fourth-order valence-electron chi connectivity index (χ4n) is 2.96. The van der Waals surface area contributed by atoms with E-state index in [1.54, 1.807) is 0 Å². The molecule has 1 saturated carbocycles. The molecule has 1 fully saturated rings. The first-order valence-electron chi connectivity index (χ1n) is 7.79. The Balaban J connectivity index is 0.00000220. The topological polar surface area (TPSA) is 55.1 Å². The van der Waals surface area contributed by atoms with Crippen LogP contribution in [0.1, 0.15) is 51.0 Å². The zero-order chi connectivity index (χ0) is 14.4. The summed E-state index contributed by atoms with van der Waals surface area (Å²) in [6, 6.07) is 10.3. The molecule has 1 atom stereocenters. The molecule has 0 radical (unpaired) electrons. The van der Waals surface area contributed by atoms with Crippen molar-refractivity contribution in [2.24, 2.45) is 5.73 Å². The maximum absolute atomic E-state index is 12.7. The quantitative estimate of drug-likeness (QED) is 0.813. The van der Waals surface area contributed by atoms with Gasteiger partial charge in [-0.2, -0.15) is 0 Å². The van der Waals surface area contributed by atoms with E-state index in [2.05, 4.69) is 24.4 Å². The molecule has 1 aliphatic rings. The Morgan fingerprint density at radius 3 is 2.48 bits per heavy atom. The van der Waals surface area contributed by atoms with Crippen LogP contribution in [0.3, 0.4) is 0 Å². The Kier molecular flexibility index (Phi) is 7.20. The second kappa shape index (κ2) is 8.40. The van der Waals surface area contributed by atoms with Crippen LogP contribution < -0.4 is 11.1 Å². The molecule has 0 heterocycles. The van der Waals surface area contributed by atoms with Gasteiger partial charge in [-0.05, 0) is 24.8 Å². The van der Waals surface area contributed by atoms with E-state index in [-0.39, 0.29) is 29.8 Å². The normalized spacial score (nSPS) is 17.2. The van der Waals surface area contributed by atoms with Crippen LogP contribution in [0.15, 0.2) is 30.3 Å². The van der Waals surface area contributed by atoms with Gasteiger partial charge in [0.15, 0.2) is 0 Å². The Morgan fingerprint density at radius 2 is 2.00 bits per heavy atom. The third kappa shape index (κ3) is 3.98. The zero-order valence-corrected chi connectivity index (χ0v) is 13.6. The summed E-state index contributed by atoms with van der Waals surface area (Å²) in [6.45, 7) is 2.68. The van der Waals surface area contributed by atoms with E-state index in [0.29, 0.717) is 6.54 Å². The van der Waals surface area contributed by atoms with Gasteiger partial charge in [-0.1, -0.05) is 56.5 Å². The summed E-state index contributed by atoms with van der Waals surface area (Å²) in [5.41, 5.74) is 6.63. The highest BCUT2D eigenvalue weighted by atomic mass is 35.5. The fraction of sp³-hybridized carbons (Fsp3) is 0.588. The minimum atomic E-state index is -0.305. The lowest BCUT2D eigenvalue weighted by Crippen LogP contribution is -2.53. The monoisotopic (exact) mass is 310 g/mol. The third-order valence-electron chi connectivity index (χ3n) is 4.49. The average Bonchev–Trinajstić information content (AvgIpc) is 2.43. The van der Waals surface area contributed by atoms with Crippen molar-refractivity contribution in [2.45, 2.75) is 56.9 Å². The Bertz CT molecular complexity index is 432. The number of benzene rings is 1. The van der Waals surface area contributed by atoms with Gasteiger partial charge >= 0.3 is 0 Å². The van der Waals surface area contributed by atoms with Gasteiger partial charge in [0.2, 0.25) is 5.91 Å². The molecule has 2 rings (SSSR count). The van der Waals surface area contributed by atoms with Crippen molar-refractivity contribution in [2.75, 3.05) is 6.54 Å². The van der Waals surface area contributed by atoms with E-state index in [0.717, 1.165) is 44.1 Å². The Hall–Kier alpha value is -1.06. The molecule has 1 aromatic rings. The van der Waals surface area contributed by atoms with Crippen LogP contribution in [0.5, 0.6) is 0 Å². The Morgan fingerprint density at radius 1 is 1.33 bits per heavy atom. The van der Waals surface area contributed by atoms with E-state index >= 15 is 0 Å². The SMILES string of the molecule is CCCCC(CN)NC(=O)C1(c2ccccc2)CCC1.Cl. The summed E-state index contributed by atoms with van der Waals surface area (Å²) in [5.74, 6) is 0.168. The highest BCUT2D eigenvalue weighted by Crippen LogP contribution is 2.43. The molecule has 118 valence electrons. The first-order valence-corrected chi connectivity index (χ1v) is 7.79. The molecule has 0 bridgehead atoms. The number of amides is 1. The summed E-state index contributed by atoms with van der Waals surface area (Å²) < 4.78 is 0. The molecule has 1 aliphatic carbocycles. The molecule has 0 aliphatic heterocycles. The molecule has 0 spiro atoms. The molecule has 1 amide bonds. The molecule has 0 saturated heterocycles. The largest absolute Gasteiger partial charge is 0.351 e. The molecule has 3 N–H and O–H groups in total. The highest BCUT2D eigenvalue weighted by molar-refractivity contribution is 5.89. The average molecular weight is 311 g/mol. The number of nitrogens with one attached hydrogen (secondary N) is 1. The second-order valence-electron chi connectivity index (χ2n) is 5.85. The van der Waals surface area contributed by atoms with E-state index in [1.165, 1.54) is 0 Å². The van der Waals surface area contributed by atoms with Gasteiger partial charge in [0.25, 0.3) is 0 Å². The highest BCUT2D eigenvalue weighted by Gasteiger charge is 2.45. The smallest absolute Gasteiger partial charge is 0.230 e. The van der Waals surface area contributed by atoms with Crippen LogP contribution in [0.4, 0.5) is 0 Å². The number of rotatable bonds is 7. The van der Waals surface area contributed by atoms with Crippen LogP contribution in [0.2, 0.25) is 0 Å². The van der Waals surface area contributed by atoms with Crippen molar-refractivity contribution < 1.29 is 4.79 Å². The maximum atomic E-state index is 12.7. The zero-order valence-electron chi connectivity index (χ0n) is 12.8. The van der Waals surface area contributed by atoms with Crippen molar-refractivity contribution in [3.05, 3.63) is 35.9 Å². The minimum Gasteiger partial charge on any atom is -0.351 e. The standard InChI is InChI=1S/C17H26N2O.ClH/c1-2-3-10-15(13-18)19-16(20)17(11-7-12-17)14-8-5-4-6-9-14;/h4-6,8-9,15H,2-3,7,10-13,18H2,1H3,(H,19,20);1H. The van der Waals surface area contributed by atoms with Gasteiger partial charge in [0.1, 0.15) is 0 Å². The van der Waals surface area contributed by atoms with Crippen LogP contribution in [0, 0.1) is 0 Å². The van der Waals surface area contributed by atoms with Crippen molar-refractivity contribution >= 4 is 18.3 Å². The van der Waals surface area contributed by atoms with Crippen LogP contribution in [0.25, 0.3) is 0 Å². The number of halogens is 1. The Labute approximate surface area is 134 Å². The number of carbonyl (C=O) groups is 1. The lowest BCUT2D eigenvalue weighted by Gasteiger charge is -2.41. The molecule has 1 aromatic carbocycles. The van der Waals surface area contributed by atoms with Crippen LogP contribution in [-0.4, -0.2) is 18.5 Å². The van der Waals surface area contributed by atoms with Gasteiger partial charge in [-0.15, -0.1) is 12.4 Å². The van der Waals surface area contributed by atoms with Gasteiger partial charge in [0.05, 0.1) is 5.41 Å². The lowest BCUT2D eigenvalue weighted by molar-refractivity contribution is -0.130. The van der Waals surface area contributed by atoms with E-state index in [9.17, 15) is 4.79 Å². The van der Waals surface area contributed by atoms with Crippen molar-refractivity contribution in [1.29, 1.82) is 0 Å². The van der Waals surface area contributed by atoms with Crippen LogP contribution in [-0.2, 0) is 10.2 Å². The molecule has 0 aromatic heterocycles. The summed E-state index contributed by atoms with van der Waals surface area (Å²) in [5, 5.41) is 3.18. The summed E-state index contributed by atoms with van der Waals surface area (Å²) in [6.07, 6.45) is 6.26. The summed E-state index contributed by atoms with van der Waals surface area (Å²) in [7, 11) is 0. The summed E-state index contributed by atoms with van der Waals surface area (Å²) >= 11 is 0. The third-order valence-corrected chi connectivity index (χ3v) is 4.49. The second-order valence-corrected chi connectivity index (χ2v) is 5.85. The van der Waals surface area contributed by atoms with Gasteiger partial charge in [-0.25, -0.2) is 0 Å². The van der Waals surface area contributed by atoms with Gasteiger partial charge < -0.3 is 11.1 Å². The first-order chi connectivity index (χ1) is 9.73. The number of unbranched alkanes of at least 4 members (excludes halogenated alkanes) is 1. The predicted molar refractivity (Wildman–Crippen MR) is 89.7 cm³/mol. The van der Waals surface area contributed by atoms with E-state index in [1.807, 2.05) is 18.2 Å². The minimum absolute atomic E-state index is 0. The van der Waals surface area contributed by atoms with E-state index < -0.39 is 0 Å². The van der Waals surface area contributed by atoms with Gasteiger partial charge in [0, 0.05) is 12.6 Å².